The lowest BCUT2D eigenvalue weighted by Crippen LogP contribution is -2.25. The first-order valence-corrected chi connectivity index (χ1v) is 2.82. The van der Waals surface area contributed by atoms with Gasteiger partial charge in [0.05, 0.1) is 6.42 Å². The summed E-state index contributed by atoms with van der Waals surface area (Å²) >= 11 is 0. The van der Waals surface area contributed by atoms with Gasteiger partial charge in [-0.3, -0.25) is 4.79 Å². The van der Waals surface area contributed by atoms with Gasteiger partial charge in [-0.2, -0.15) is 0 Å². The molecular weight excluding hydrogens is 102 g/mol. The lowest BCUT2D eigenvalue weighted by atomic mass is 10.2. The highest BCUT2D eigenvalue weighted by Gasteiger charge is 2.23. The molecule has 1 fully saturated rings. The normalized spacial score (nSPS) is 29.5. The molecular formula is C6H10NO. The molecule has 1 aliphatic rings. The van der Waals surface area contributed by atoms with Gasteiger partial charge in [-0.25, -0.2) is 0 Å². The van der Waals surface area contributed by atoms with Crippen LogP contribution >= 0.6 is 0 Å². The second-order valence-electron chi connectivity index (χ2n) is 2.24. The molecule has 0 saturated carbocycles. The Morgan fingerprint density at radius 1 is 1.88 bits per heavy atom. The van der Waals surface area contributed by atoms with Crippen molar-refractivity contribution in [2.24, 2.45) is 0 Å². The Bertz CT molecular complexity index is 111. The van der Waals surface area contributed by atoms with Gasteiger partial charge in [-0.15, -0.1) is 0 Å². The maximum absolute atomic E-state index is 10.7. The summed E-state index contributed by atoms with van der Waals surface area (Å²) < 4.78 is 0. The summed E-state index contributed by atoms with van der Waals surface area (Å²) in [5, 5.41) is 0. The van der Waals surface area contributed by atoms with Crippen LogP contribution in [0.15, 0.2) is 0 Å². The smallest absolute Gasteiger partial charge is 0.226 e. The van der Waals surface area contributed by atoms with Crippen molar-refractivity contribution in [1.29, 1.82) is 0 Å². The Labute approximate surface area is 49.5 Å². The Morgan fingerprint density at radius 3 is 2.62 bits per heavy atom. The number of likely N-dealkylation sites (tertiary alicyclic amines) is 1. The van der Waals surface area contributed by atoms with Crippen LogP contribution in [0.25, 0.3) is 0 Å². The maximum atomic E-state index is 10.7. The number of carbonyl (C=O) groups excluding carboxylic acids is 1. The fraction of sp³-hybridized carbons (Fsp3) is 0.667. The third-order valence-electron chi connectivity index (χ3n) is 1.64. The third kappa shape index (κ3) is 0.703. The van der Waals surface area contributed by atoms with Gasteiger partial charge in [0.2, 0.25) is 5.91 Å². The van der Waals surface area contributed by atoms with Gasteiger partial charge in [0.15, 0.2) is 0 Å². The molecule has 0 spiro atoms. The van der Waals surface area contributed by atoms with Crippen LogP contribution in [-0.4, -0.2) is 23.9 Å². The summed E-state index contributed by atoms with van der Waals surface area (Å²) in [7, 11) is 1.83. The molecule has 8 heavy (non-hydrogen) atoms. The van der Waals surface area contributed by atoms with Crippen LogP contribution in [-0.2, 0) is 4.79 Å². The van der Waals surface area contributed by atoms with E-state index in [0.29, 0.717) is 6.04 Å². The average molecular weight is 112 g/mol. The second-order valence-corrected chi connectivity index (χ2v) is 2.24. The summed E-state index contributed by atoms with van der Waals surface area (Å²) in [5.74, 6) is 0.164. The first-order chi connectivity index (χ1) is 3.72. The van der Waals surface area contributed by atoms with Crippen molar-refractivity contribution in [3.8, 4) is 0 Å². The van der Waals surface area contributed by atoms with Crippen molar-refractivity contribution >= 4 is 5.91 Å². The minimum absolute atomic E-state index is 0.164. The van der Waals surface area contributed by atoms with Crippen molar-refractivity contribution in [1.82, 2.24) is 4.90 Å². The molecule has 2 nitrogen and oxygen atoms in total. The summed E-state index contributed by atoms with van der Waals surface area (Å²) in [6, 6.07) is 0.419. The van der Waals surface area contributed by atoms with E-state index in [9.17, 15) is 4.79 Å². The van der Waals surface area contributed by atoms with Gasteiger partial charge < -0.3 is 4.90 Å². The monoisotopic (exact) mass is 112 g/mol. The SMILES string of the molecule is CC1C[CH]C(=O)N1C. The second kappa shape index (κ2) is 1.77. The van der Waals surface area contributed by atoms with Gasteiger partial charge >= 0.3 is 0 Å². The summed E-state index contributed by atoms with van der Waals surface area (Å²) in [6.07, 6.45) is 2.64. The van der Waals surface area contributed by atoms with Crippen LogP contribution in [0.2, 0.25) is 0 Å². The zero-order valence-corrected chi connectivity index (χ0v) is 5.22. The van der Waals surface area contributed by atoms with Crippen molar-refractivity contribution in [3.05, 3.63) is 6.42 Å². The summed E-state index contributed by atoms with van der Waals surface area (Å²) in [4.78, 5) is 12.4. The maximum Gasteiger partial charge on any atom is 0.226 e. The van der Waals surface area contributed by atoms with Crippen LogP contribution < -0.4 is 0 Å². The van der Waals surface area contributed by atoms with Crippen LogP contribution in [0.1, 0.15) is 13.3 Å². The van der Waals surface area contributed by atoms with E-state index in [-0.39, 0.29) is 5.91 Å². The lowest BCUT2D eigenvalue weighted by molar-refractivity contribution is -0.124. The predicted octanol–water partition coefficient (Wildman–Crippen LogP) is 0.441. The van der Waals surface area contributed by atoms with E-state index in [1.807, 2.05) is 14.0 Å². The van der Waals surface area contributed by atoms with E-state index < -0.39 is 0 Å². The van der Waals surface area contributed by atoms with Gasteiger partial charge in [0, 0.05) is 13.1 Å². The van der Waals surface area contributed by atoms with Crippen molar-refractivity contribution in [2.45, 2.75) is 19.4 Å². The minimum Gasteiger partial charge on any atom is -0.343 e. The largest absolute Gasteiger partial charge is 0.343 e. The average Bonchev–Trinajstić information content (AvgIpc) is 1.98. The fourth-order valence-corrected chi connectivity index (χ4v) is 0.791. The molecule has 1 atom stereocenters. The number of rotatable bonds is 0. The fourth-order valence-electron chi connectivity index (χ4n) is 0.791. The van der Waals surface area contributed by atoms with E-state index >= 15 is 0 Å². The topological polar surface area (TPSA) is 20.3 Å². The molecule has 1 unspecified atom stereocenters. The molecule has 1 saturated heterocycles. The standard InChI is InChI=1S/C6H10NO/c1-5-3-4-6(8)7(5)2/h4-5H,3H2,1-2H3. The van der Waals surface area contributed by atoms with E-state index in [4.69, 9.17) is 0 Å². The first-order valence-electron chi connectivity index (χ1n) is 2.82. The van der Waals surface area contributed by atoms with Crippen LogP contribution in [0.3, 0.4) is 0 Å². The van der Waals surface area contributed by atoms with E-state index in [0.717, 1.165) is 6.42 Å². The molecule has 1 amide bonds. The molecule has 0 aliphatic carbocycles. The molecule has 2 heteroatoms. The Hall–Kier alpha value is -0.530. The quantitative estimate of drug-likeness (QED) is 0.445. The van der Waals surface area contributed by atoms with E-state index in [1.165, 1.54) is 0 Å². The van der Waals surface area contributed by atoms with Crippen LogP contribution in [0.5, 0.6) is 0 Å². The highest BCUT2D eigenvalue weighted by molar-refractivity contribution is 5.87. The number of hydrogen-bond donors (Lipinski definition) is 0. The van der Waals surface area contributed by atoms with Crippen molar-refractivity contribution in [2.75, 3.05) is 7.05 Å². The number of amides is 1. The molecule has 0 aromatic carbocycles. The summed E-state index contributed by atoms with van der Waals surface area (Å²) in [6.45, 7) is 2.04. The van der Waals surface area contributed by atoms with E-state index in [2.05, 4.69) is 0 Å². The number of hydrogen-bond acceptors (Lipinski definition) is 1. The molecule has 0 aromatic rings. The third-order valence-corrected chi connectivity index (χ3v) is 1.64. The molecule has 1 radical (unpaired) electrons. The Balaban J connectivity index is 2.56. The molecule has 1 rings (SSSR count). The van der Waals surface area contributed by atoms with Gasteiger partial charge in [-0.05, 0) is 13.3 Å². The Morgan fingerprint density at radius 2 is 2.50 bits per heavy atom. The highest BCUT2D eigenvalue weighted by atomic mass is 16.2. The van der Waals surface area contributed by atoms with E-state index in [1.54, 1.807) is 11.3 Å². The molecule has 1 heterocycles. The van der Waals surface area contributed by atoms with Gasteiger partial charge in [-0.1, -0.05) is 0 Å². The molecule has 0 N–H and O–H groups in total. The molecule has 0 bridgehead atoms. The minimum atomic E-state index is 0.164. The molecule has 0 aromatic heterocycles. The van der Waals surface area contributed by atoms with Crippen LogP contribution in [0, 0.1) is 6.42 Å². The first kappa shape index (κ1) is 5.60. The Kier molecular flexibility index (Phi) is 1.24. The van der Waals surface area contributed by atoms with Crippen molar-refractivity contribution in [3.63, 3.8) is 0 Å². The predicted molar refractivity (Wildman–Crippen MR) is 31.1 cm³/mol. The lowest BCUT2D eigenvalue weighted by Gasteiger charge is -2.13. The zero-order valence-electron chi connectivity index (χ0n) is 5.22. The zero-order chi connectivity index (χ0) is 6.15. The van der Waals surface area contributed by atoms with Crippen molar-refractivity contribution < 1.29 is 4.79 Å². The molecule has 1 aliphatic heterocycles. The molecule has 45 valence electrons. The highest BCUT2D eigenvalue weighted by Crippen LogP contribution is 2.13. The van der Waals surface area contributed by atoms with Gasteiger partial charge in [0.25, 0.3) is 0 Å². The van der Waals surface area contributed by atoms with Gasteiger partial charge in [0.1, 0.15) is 0 Å². The number of nitrogens with zero attached hydrogens (tertiary/aromatic N) is 1. The number of carbonyl (C=O) groups is 1. The van der Waals surface area contributed by atoms with Crippen LogP contribution in [0.4, 0.5) is 0 Å². The summed E-state index contributed by atoms with van der Waals surface area (Å²) in [5.41, 5.74) is 0.